The third-order valence-electron chi connectivity index (χ3n) is 3.42. The predicted octanol–water partition coefficient (Wildman–Crippen LogP) is 3.82. The largest absolute Gasteiger partial charge is 0.271 e. The zero-order chi connectivity index (χ0) is 15.2. The third-order valence-corrected chi connectivity index (χ3v) is 3.42. The fourth-order valence-electron chi connectivity index (χ4n) is 2.18. The van der Waals surface area contributed by atoms with Crippen molar-refractivity contribution in [3.63, 3.8) is 0 Å². The smallest absolute Gasteiger partial charge is 0.267 e. The maximum atomic E-state index is 12.1. The average Bonchev–Trinajstić information content (AvgIpc) is 2.47. The Morgan fingerprint density at radius 2 is 1.86 bits per heavy atom. The molecule has 108 valence electrons. The van der Waals surface area contributed by atoms with E-state index in [9.17, 15) is 4.79 Å². The third kappa shape index (κ3) is 4.02. The molecule has 0 saturated heterocycles. The normalized spacial score (nSPS) is 12.3. The highest BCUT2D eigenvalue weighted by Gasteiger charge is 2.08. The Balaban J connectivity index is 1.99. The standard InChI is InChI=1S/C18H20N2O/c1-13-9-10-17(14(2)11-13)18(21)20-19-12-15(3)16-7-5-4-6-8-16/h4-12,15H,1-3H3,(H,20,21)/b19-12-/t15-/m1/s1. The number of nitrogens with one attached hydrogen (secondary N) is 1. The van der Waals surface area contributed by atoms with E-state index in [1.165, 1.54) is 5.56 Å². The van der Waals surface area contributed by atoms with Gasteiger partial charge in [-0.25, -0.2) is 5.43 Å². The van der Waals surface area contributed by atoms with Crippen LogP contribution in [0.3, 0.4) is 0 Å². The molecule has 0 saturated carbocycles. The average molecular weight is 280 g/mol. The lowest BCUT2D eigenvalue weighted by Gasteiger charge is -2.07. The highest BCUT2D eigenvalue weighted by atomic mass is 16.2. The Morgan fingerprint density at radius 3 is 2.52 bits per heavy atom. The second-order valence-corrected chi connectivity index (χ2v) is 5.24. The van der Waals surface area contributed by atoms with Crippen molar-refractivity contribution in [2.24, 2.45) is 5.10 Å². The van der Waals surface area contributed by atoms with Gasteiger partial charge in [-0.1, -0.05) is 55.0 Å². The van der Waals surface area contributed by atoms with Gasteiger partial charge in [-0.15, -0.1) is 0 Å². The van der Waals surface area contributed by atoms with Gasteiger partial charge in [0.2, 0.25) is 0 Å². The van der Waals surface area contributed by atoms with Crippen molar-refractivity contribution in [3.8, 4) is 0 Å². The van der Waals surface area contributed by atoms with Crippen LogP contribution in [-0.4, -0.2) is 12.1 Å². The van der Waals surface area contributed by atoms with Gasteiger partial charge in [0.25, 0.3) is 5.91 Å². The molecule has 3 nitrogen and oxygen atoms in total. The van der Waals surface area contributed by atoms with Crippen molar-refractivity contribution in [3.05, 3.63) is 70.8 Å². The van der Waals surface area contributed by atoms with E-state index in [0.29, 0.717) is 5.56 Å². The maximum absolute atomic E-state index is 12.1. The Bertz CT molecular complexity index is 648. The minimum absolute atomic E-state index is 0.158. The molecular weight excluding hydrogens is 260 g/mol. The number of carbonyl (C=O) groups is 1. The zero-order valence-electron chi connectivity index (χ0n) is 12.6. The van der Waals surface area contributed by atoms with Crippen LogP contribution in [0.25, 0.3) is 0 Å². The van der Waals surface area contributed by atoms with E-state index >= 15 is 0 Å². The monoisotopic (exact) mass is 280 g/mol. The summed E-state index contributed by atoms with van der Waals surface area (Å²) in [7, 11) is 0. The van der Waals surface area contributed by atoms with Crippen molar-refractivity contribution >= 4 is 12.1 Å². The minimum Gasteiger partial charge on any atom is -0.267 e. The van der Waals surface area contributed by atoms with E-state index in [1.807, 2.05) is 69.3 Å². The molecule has 0 aliphatic carbocycles. The summed E-state index contributed by atoms with van der Waals surface area (Å²) < 4.78 is 0. The molecule has 0 aliphatic rings. The van der Waals surface area contributed by atoms with E-state index in [4.69, 9.17) is 0 Å². The Kier molecular flexibility index (Phi) is 4.88. The molecule has 1 amide bonds. The Morgan fingerprint density at radius 1 is 1.14 bits per heavy atom. The molecule has 0 aromatic heterocycles. The van der Waals surface area contributed by atoms with Crippen molar-refractivity contribution in [1.82, 2.24) is 5.43 Å². The second kappa shape index (κ2) is 6.84. The van der Waals surface area contributed by atoms with Crippen LogP contribution in [0, 0.1) is 13.8 Å². The predicted molar refractivity (Wildman–Crippen MR) is 86.7 cm³/mol. The molecule has 0 radical (unpaired) electrons. The van der Waals surface area contributed by atoms with Gasteiger partial charge in [-0.05, 0) is 31.0 Å². The van der Waals surface area contributed by atoms with Crippen molar-refractivity contribution in [2.75, 3.05) is 0 Å². The molecule has 1 N–H and O–H groups in total. The highest BCUT2D eigenvalue weighted by Crippen LogP contribution is 2.12. The summed E-state index contributed by atoms with van der Waals surface area (Å²) in [4.78, 5) is 12.1. The molecule has 3 heteroatoms. The number of hydrogen-bond donors (Lipinski definition) is 1. The maximum Gasteiger partial charge on any atom is 0.271 e. The topological polar surface area (TPSA) is 41.5 Å². The van der Waals surface area contributed by atoms with Crippen molar-refractivity contribution in [1.29, 1.82) is 0 Å². The quantitative estimate of drug-likeness (QED) is 0.671. The molecule has 0 unspecified atom stereocenters. The highest BCUT2D eigenvalue weighted by molar-refractivity contribution is 5.95. The summed E-state index contributed by atoms with van der Waals surface area (Å²) in [5, 5.41) is 4.06. The van der Waals surface area contributed by atoms with Crippen LogP contribution in [0.5, 0.6) is 0 Å². The summed E-state index contributed by atoms with van der Waals surface area (Å²) in [6, 6.07) is 15.8. The zero-order valence-corrected chi connectivity index (χ0v) is 12.6. The minimum atomic E-state index is -0.177. The van der Waals surface area contributed by atoms with Gasteiger partial charge < -0.3 is 0 Å². The van der Waals surface area contributed by atoms with Crippen LogP contribution in [0.1, 0.15) is 39.9 Å². The lowest BCUT2D eigenvalue weighted by Crippen LogP contribution is -2.19. The first-order valence-corrected chi connectivity index (χ1v) is 7.03. The molecule has 2 rings (SSSR count). The lowest BCUT2D eigenvalue weighted by molar-refractivity contribution is 0.0954. The van der Waals surface area contributed by atoms with E-state index in [0.717, 1.165) is 11.1 Å². The number of nitrogens with zero attached hydrogens (tertiary/aromatic N) is 1. The van der Waals surface area contributed by atoms with Crippen LogP contribution in [0.15, 0.2) is 53.6 Å². The molecule has 0 heterocycles. The number of amides is 1. The van der Waals surface area contributed by atoms with Crippen LogP contribution >= 0.6 is 0 Å². The van der Waals surface area contributed by atoms with Crippen molar-refractivity contribution in [2.45, 2.75) is 26.7 Å². The number of benzene rings is 2. The van der Waals surface area contributed by atoms with Gasteiger partial charge >= 0.3 is 0 Å². The van der Waals surface area contributed by atoms with Crippen LogP contribution < -0.4 is 5.43 Å². The number of hydrazone groups is 1. The SMILES string of the molecule is Cc1ccc(C(=O)N/N=C\[C@@H](C)c2ccccc2)c(C)c1. The van der Waals surface area contributed by atoms with Gasteiger partial charge in [0, 0.05) is 17.7 Å². The molecular formula is C18H20N2O. The molecule has 0 aliphatic heterocycles. The van der Waals surface area contributed by atoms with Crippen LogP contribution in [-0.2, 0) is 0 Å². The Labute approximate surface area is 125 Å². The van der Waals surface area contributed by atoms with Crippen LogP contribution in [0.2, 0.25) is 0 Å². The van der Waals surface area contributed by atoms with Crippen LogP contribution in [0.4, 0.5) is 0 Å². The first-order chi connectivity index (χ1) is 10.1. The van der Waals surface area contributed by atoms with E-state index < -0.39 is 0 Å². The summed E-state index contributed by atoms with van der Waals surface area (Å²) >= 11 is 0. The molecule has 0 fully saturated rings. The lowest BCUT2D eigenvalue weighted by atomic mass is 10.0. The number of rotatable bonds is 4. The van der Waals surface area contributed by atoms with E-state index in [2.05, 4.69) is 10.5 Å². The van der Waals surface area contributed by atoms with Gasteiger partial charge in [0.05, 0.1) is 0 Å². The number of carbonyl (C=O) groups excluding carboxylic acids is 1. The molecule has 1 atom stereocenters. The van der Waals surface area contributed by atoms with E-state index in [1.54, 1.807) is 6.21 Å². The first-order valence-electron chi connectivity index (χ1n) is 7.03. The van der Waals surface area contributed by atoms with Gasteiger partial charge in [0.1, 0.15) is 0 Å². The van der Waals surface area contributed by atoms with Gasteiger partial charge in [-0.3, -0.25) is 4.79 Å². The fraction of sp³-hybridized carbons (Fsp3) is 0.222. The summed E-state index contributed by atoms with van der Waals surface area (Å²) in [5.41, 5.74) is 6.52. The van der Waals surface area contributed by atoms with Crippen molar-refractivity contribution < 1.29 is 4.79 Å². The molecule has 0 spiro atoms. The summed E-state index contributed by atoms with van der Waals surface area (Å²) in [5.74, 6) is -0.0189. The van der Waals surface area contributed by atoms with Gasteiger partial charge in [-0.2, -0.15) is 5.10 Å². The van der Waals surface area contributed by atoms with E-state index in [-0.39, 0.29) is 11.8 Å². The fourth-order valence-corrected chi connectivity index (χ4v) is 2.18. The molecule has 2 aromatic rings. The second-order valence-electron chi connectivity index (χ2n) is 5.24. The molecule has 21 heavy (non-hydrogen) atoms. The summed E-state index contributed by atoms with van der Waals surface area (Å²) in [6.45, 7) is 5.98. The first kappa shape index (κ1) is 15.0. The number of hydrogen-bond acceptors (Lipinski definition) is 2. The molecule has 2 aromatic carbocycles. The Hall–Kier alpha value is -2.42. The van der Waals surface area contributed by atoms with Gasteiger partial charge in [0.15, 0.2) is 0 Å². The molecule has 0 bridgehead atoms. The number of aryl methyl sites for hydroxylation is 2. The summed E-state index contributed by atoms with van der Waals surface area (Å²) in [6.07, 6.45) is 1.75.